The predicted octanol–water partition coefficient (Wildman–Crippen LogP) is 5.27. The summed E-state index contributed by atoms with van der Waals surface area (Å²) in [5.74, 6) is 0. The third kappa shape index (κ3) is 2.58. The predicted molar refractivity (Wildman–Crippen MR) is 103 cm³/mol. The molecule has 25 heavy (non-hydrogen) atoms. The van der Waals surface area contributed by atoms with E-state index in [1.807, 2.05) is 18.2 Å². The van der Waals surface area contributed by atoms with Crippen molar-refractivity contribution in [1.82, 2.24) is 9.55 Å². The number of rotatable bonds is 3. The average Bonchev–Trinajstić information content (AvgIpc) is 3.00. The van der Waals surface area contributed by atoms with Crippen LogP contribution in [0.15, 0.2) is 67.0 Å². The Kier molecular flexibility index (Phi) is 3.80. The van der Waals surface area contributed by atoms with Crippen molar-refractivity contribution >= 4 is 33.5 Å². The lowest BCUT2D eigenvalue weighted by Gasteiger charge is -2.03. The topological polar surface area (TPSA) is 41.6 Å². The molecule has 0 spiro atoms. The van der Waals surface area contributed by atoms with Gasteiger partial charge in [0, 0.05) is 46.3 Å². The standard InChI is InChI=1S/C22H17N3/c1-2-25-21-8-4-3-7-19(21)20-13-16(9-10-22(20)25)12-18(14-23)17-6-5-11-24-15-17/h3-13,15H,2H2,1H3. The summed E-state index contributed by atoms with van der Waals surface area (Å²) in [6, 6.07) is 20.9. The molecule has 0 aliphatic rings. The quantitative estimate of drug-likeness (QED) is 0.482. The maximum atomic E-state index is 9.52. The van der Waals surface area contributed by atoms with E-state index < -0.39 is 0 Å². The number of fused-ring (bicyclic) bond motifs is 3. The van der Waals surface area contributed by atoms with Crippen LogP contribution in [0.1, 0.15) is 18.1 Å². The van der Waals surface area contributed by atoms with Crippen LogP contribution in [-0.4, -0.2) is 9.55 Å². The van der Waals surface area contributed by atoms with Gasteiger partial charge >= 0.3 is 0 Å². The first-order chi connectivity index (χ1) is 12.3. The third-order valence-electron chi connectivity index (χ3n) is 4.52. The fraction of sp³-hybridized carbons (Fsp3) is 0.0909. The van der Waals surface area contributed by atoms with Gasteiger partial charge < -0.3 is 4.57 Å². The van der Waals surface area contributed by atoms with Crippen LogP contribution >= 0.6 is 0 Å². The lowest BCUT2D eigenvalue weighted by molar-refractivity contribution is 0.827. The van der Waals surface area contributed by atoms with E-state index in [1.54, 1.807) is 12.4 Å². The molecule has 0 aliphatic carbocycles. The third-order valence-corrected chi connectivity index (χ3v) is 4.52. The molecule has 0 bridgehead atoms. The van der Waals surface area contributed by atoms with Crippen LogP contribution < -0.4 is 0 Å². The van der Waals surface area contributed by atoms with Gasteiger partial charge in [0.2, 0.25) is 0 Å². The zero-order valence-corrected chi connectivity index (χ0v) is 14.0. The summed E-state index contributed by atoms with van der Waals surface area (Å²) >= 11 is 0. The molecule has 0 saturated carbocycles. The van der Waals surface area contributed by atoms with Crippen molar-refractivity contribution in [2.45, 2.75) is 13.5 Å². The first-order valence-electron chi connectivity index (χ1n) is 8.35. The monoisotopic (exact) mass is 323 g/mol. The molecule has 0 amide bonds. The van der Waals surface area contributed by atoms with Crippen LogP contribution in [0.25, 0.3) is 33.5 Å². The van der Waals surface area contributed by atoms with E-state index in [0.717, 1.165) is 17.7 Å². The van der Waals surface area contributed by atoms with Gasteiger partial charge in [-0.3, -0.25) is 4.98 Å². The first-order valence-corrected chi connectivity index (χ1v) is 8.35. The molecule has 3 nitrogen and oxygen atoms in total. The van der Waals surface area contributed by atoms with Gasteiger partial charge in [-0.25, -0.2) is 0 Å². The van der Waals surface area contributed by atoms with Crippen LogP contribution in [0.4, 0.5) is 0 Å². The normalized spacial score (nSPS) is 11.8. The summed E-state index contributed by atoms with van der Waals surface area (Å²) in [4.78, 5) is 4.11. The van der Waals surface area contributed by atoms with E-state index in [1.165, 1.54) is 21.8 Å². The molecule has 4 rings (SSSR count). The Morgan fingerprint density at radius 3 is 2.68 bits per heavy atom. The Labute approximate surface area is 146 Å². The van der Waals surface area contributed by atoms with Gasteiger partial charge in [-0.05, 0) is 42.8 Å². The van der Waals surface area contributed by atoms with E-state index >= 15 is 0 Å². The summed E-state index contributed by atoms with van der Waals surface area (Å²) in [5, 5.41) is 12.0. The Morgan fingerprint density at radius 2 is 1.92 bits per heavy atom. The summed E-state index contributed by atoms with van der Waals surface area (Å²) in [6.45, 7) is 3.09. The number of hydrogen-bond acceptors (Lipinski definition) is 2. The zero-order chi connectivity index (χ0) is 17.2. The van der Waals surface area contributed by atoms with E-state index in [4.69, 9.17) is 0 Å². The number of pyridine rings is 1. The fourth-order valence-corrected chi connectivity index (χ4v) is 3.37. The summed E-state index contributed by atoms with van der Waals surface area (Å²) < 4.78 is 2.32. The van der Waals surface area contributed by atoms with Crippen molar-refractivity contribution in [3.63, 3.8) is 0 Å². The molecule has 3 heteroatoms. The van der Waals surface area contributed by atoms with E-state index in [2.05, 4.69) is 65.0 Å². The molecular formula is C22H17N3. The summed E-state index contributed by atoms with van der Waals surface area (Å²) in [6.07, 6.45) is 5.36. The molecule has 2 heterocycles. The molecule has 0 N–H and O–H groups in total. The van der Waals surface area contributed by atoms with Gasteiger partial charge in [0.1, 0.15) is 0 Å². The number of hydrogen-bond donors (Lipinski definition) is 0. The first kappa shape index (κ1) is 15.2. The number of benzene rings is 2. The largest absolute Gasteiger partial charge is 0.341 e. The molecule has 2 aromatic heterocycles. The number of para-hydroxylation sites is 1. The van der Waals surface area contributed by atoms with Crippen molar-refractivity contribution in [3.05, 3.63) is 78.1 Å². The van der Waals surface area contributed by atoms with Crippen molar-refractivity contribution in [1.29, 1.82) is 5.26 Å². The molecule has 0 atom stereocenters. The van der Waals surface area contributed by atoms with Crippen LogP contribution in [0.2, 0.25) is 0 Å². The molecule has 0 fully saturated rings. The second kappa shape index (κ2) is 6.26. The molecule has 0 unspecified atom stereocenters. The van der Waals surface area contributed by atoms with Gasteiger partial charge in [-0.1, -0.05) is 30.3 Å². The number of allylic oxidation sites excluding steroid dienone is 1. The smallest absolute Gasteiger partial charge is 0.0998 e. The Balaban J connectivity index is 1.91. The Bertz CT molecular complexity index is 1130. The van der Waals surface area contributed by atoms with Gasteiger partial charge in [0.05, 0.1) is 11.6 Å². The number of nitrogens with zero attached hydrogens (tertiary/aromatic N) is 3. The van der Waals surface area contributed by atoms with E-state index in [9.17, 15) is 5.26 Å². The summed E-state index contributed by atoms with van der Waals surface area (Å²) in [5.41, 5.74) is 4.94. The number of aromatic nitrogens is 2. The molecular weight excluding hydrogens is 306 g/mol. The van der Waals surface area contributed by atoms with Crippen molar-refractivity contribution in [2.75, 3.05) is 0 Å². The van der Waals surface area contributed by atoms with Gasteiger partial charge in [-0.2, -0.15) is 5.26 Å². The molecule has 2 aromatic carbocycles. The van der Waals surface area contributed by atoms with Crippen LogP contribution in [0.5, 0.6) is 0 Å². The van der Waals surface area contributed by atoms with Crippen LogP contribution in [-0.2, 0) is 6.54 Å². The molecule has 0 aliphatic heterocycles. The van der Waals surface area contributed by atoms with Gasteiger partial charge in [0.15, 0.2) is 0 Å². The zero-order valence-electron chi connectivity index (χ0n) is 14.0. The van der Waals surface area contributed by atoms with Crippen LogP contribution in [0.3, 0.4) is 0 Å². The van der Waals surface area contributed by atoms with Crippen molar-refractivity contribution in [3.8, 4) is 6.07 Å². The molecule has 0 radical (unpaired) electrons. The lowest BCUT2D eigenvalue weighted by atomic mass is 10.0. The van der Waals surface area contributed by atoms with Crippen LogP contribution in [0, 0.1) is 11.3 Å². The minimum absolute atomic E-state index is 0.617. The molecule has 4 aromatic rings. The molecule has 120 valence electrons. The highest BCUT2D eigenvalue weighted by molar-refractivity contribution is 6.09. The highest BCUT2D eigenvalue weighted by Crippen LogP contribution is 2.30. The fourth-order valence-electron chi connectivity index (χ4n) is 3.37. The highest BCUT2D eigenvalue weighted by Gasteiger charge is 2.09. The van der Waals surface area contributed by atoms with Crippen molar-refractivity contribution in [2.24, 2.45) is 0 Å². The Hall–Kier alpha value is -3.38. The van der Waals surface area contributed by atoms with Crippen molar-refractivity contribution < 1.29 is 0 Å². The SMILES string of the molecule is CCn1c2ccccc2c2cc(C=C(C#N)c3cccnc3)ccc21. The number of nitriles is 1. The molecule has 0 saturated heterocycles. The Morgan fingerprint density at radius 1 is 1.08 bits per heavy atom. The number of aryl methyl sites for hydroxylation is 1. The van der Waals surface area contributed by atoms with Gasteiger partial charge in [-0.15, -0.1) is 0 Å². The minimum Gasteiger partial charge on any atom is -0.341 e. The lowest BCUT2D eigenvalue weighted by Crippen LogP contribution is -1.92. The van der Waals surface area contributed by atoms with E-state index in [0.29, 0.717) is 5.57 Å². The minimum atomic E-state index is 0.617. The highest BCUT2D eigenvalue weighted by atomic mass is 15.0. The maximum absolute atomic E-state index is 9.52. The van der Waals surface area contributed by atoms with E-state index in [-0.39, 0.29) is 0 Å². The average molecular weight is 323 g/mol. The second-order valence-corrected chi connectivity index (χ2v) is 5.95. The maximum Gasteiger partial charge on any atom is 0.0998 e. The summed E-state index contributed by atoms with van der Waals surface area (Å²) in [7, 11) is 0. The second-order valence-electron chi connectivity index (χ2n) is 5.95. The van der Waals surface area contributed by atoms with Gasteiger partial charge in [0.25, 0.3) is 0 Å².